The number of para-hydroxylation sites is 2. The second-order valence-electron chi connectivity index (χ2n) is 15.0. The Morgan fingerprint density at radius 3 is 0.956 bits per heavy atom. The van der Waals surface area contributed by atoms with Gasteiger partial charge in [0.25, 0.3) is 0 Å². The van der Waals surface area contributed by atoms with Gasteiger partial charge in [-0.05, 0) is 45.9 Å². The number of phenols is 2. The Hall–Kier alpha value is -2.38. The van der Waals surface area contributed by atoms with Gasteiger partial charge in [0.1, 0.15) is 11.5 Å². The Morgan fingerprint density at radius 2 is 0.733 bits per heavy atom. The molecular weight excluding hydrogens is 722 g/mol. The first-order valence-electron chi connectivity index (χ1n) is 16.8. The van der Waals surface area contributed by atoms with Gasteiger partial charge in [-0.25, -0.2) is 0 Å². The zero-order chi connectivity index (χ0) is 34.6. The molecule has 45 heavy (non-hydrogen) atoms. The van der Waals surface area contributed by atoms with Gasteiger partial charge >= 0.3 is 127 Å². The van der Waals surface area contributed by atoms with Crippen LogP contribution in [0, 0.1) is 5.41 Å². The first kappa shape index (κ1) is 40.6. The molecule has 0 atom stereocenters. The third-order valence-electron chi connectivity index (χ3n) is 7.58. The number of hydrogen-bond acceptors (Lipinski definition) is 3. The van der Waals surface area contributed by atoms with Crippen molar-refractivity contribution in [3.8, 4) is 11.5 Å². The SMILES string of the molecule is CC(C)c1cccc(C(C)C)c1O.CC(C)c1cccc(C(C)C)c1O.CC(C)c1cccc(C(C)C)c1[N]=[W]=[CH]C(C)(C)C. The van der Waals surface area contributed by atoms with E-state index in [2.05, 4.69) is 126 Å². The summed E-state index contributed by atoms with van der Waals surface area (Å²) in [5.74, 6) is 3.60. The molecule has 0 unspecified atom stereocenters. The molecular formula is C41H63NO2W. The molecule has 0 radical (unpaired) electrons. The number of phenolic OH excluding ortho intramolecular Hbond substituents is 2. The van der Waals surface area contributed by atoms with Gasteiger partial charge in [0.15, 0.2) is 0 Å². The summed E-state index contributed by atoms with van der Waals surface area (Å²) in [5, 5.41) is 19.9. The summed E-state index contributed by atoms with van der Waals surface area (Å²) in [7, 11) is 0. The third kappa shape index (κ3) is 13.1. The monoisotopic (exact) mass is 785 g/mol. The molecule has 0 spiro atoms. The molecule has 3 rings (SSSR count). The fourth-order valence-electron chi connectivity index (χ4n) is 4.88. The molecule has 0 bridgehead atoms. The van der Waals surface area contributed by atoms with E-state index in [0.717, 1.165) is 22.3 Å². The standard InChI is InChI=1S/C12H17N.2C12H18O.C5H10.W/c3*1-8(2)10-6-5-7-11(9(3)4)12(10)13;1-5(2,3)4;/h5-9H,1-4H3;2*5-9,13H,1-4H3;1H,2-4H3;. The Bertz CT molecular complexity index is 1260. The molecule has 0 aliphatic rings. The van der Waals surface area contributed by atoms with Crippen molar-refractivity contribution in [3.05, 3.63) is 88.0 Å². The molecule has 0 aromatic heterocycles. The Balaban J connectivity index is 0.000000347. The van der Waals surface area contributed by atoms with E-state index in [4.69, 9.17) is 3.50 Å². The van der Waals surface area contributed by atoms with E-state index in [1.807, 2.05) is 36.4 Å². The van der Waals surface area contributed by atoms with Gasteiger partial charge in [-0.2, -0.15) is 0 Å². The molecule has 0 aliphatic carbocycles. The third-order valence-corrected chi connectivity index (χ3v) is 11.5. The summed E-state index contributed by atoms with van der Waals surface area (Å²) in [4.78, 5) is 0. The second kappa shape index (κ2) is 18.7. The average molecular weight is 786 g/mol. The summed E-state index contributed by atoms with van der Waals surface area (Å²) < 4.78 is 7.50. The zero-order valence-corrected chi connectivity index (χ0v) is 33.9. The summed E-state index contributed by atoms with van der Waals surface area (Å²) in [6, 6.07) is 18.7. The van der Waals surface area contributed by atoms with Crippen LogP contribution in [0.3, 0.4) is 0 Å². The summed E-state index contributed by atoms with van der Waals surface area (Å²) >= 11 is -0.757. The van der Waals surface area contributed by atoms with Crippen molar-refractivity contribution < 1.29 is 28.1 Å². The molecule has 250 valence electrons. The minimum atomic E-state index is -0.757. The normalized spacial score (nSPS) is 11.5. The second-order valence-corrected chi connectivity index (χ2v) is 17.2. The number of rotatable bonds is 7. The van der Waals surface area contributed by atoms with Gasteiger partial charge in [0, 0.05) is 0 Å². The predicted molar refractivity (Wildman–Crippen MR) is 195 cm³/mol. The van der Waals surface area contributed by atoms with Crippen LogP contribution in [0.4, 0.5) is 5.69 Å². The van der Waals surface area contributed by atoms with Gasteiger partial charge in [0.2, 0.25) is 0 Å². The fraction of sp³-hybridized carbons (Fsp3) is 0.537. The van der Waals surface area contributed by atoms with E-state index in [0.29, 0.717) is 52.4 Å². The quantitative estimate of drug-likeness (QED) is 0.251. The van der Waals surface area contributed by atoms with Crippen molar-refractivity contribution >= 4 is 10.1 Å². The van der Waals surface area contributed by atoms with Crippen molar-refractivity contribution in [3.63, 3.8) is 0 Å². The Labute approximate surface area is 284 Å². The fourth-order valence-corrected chi connectivity index (χ4v) is 7.34. The number of hydrogen-bond donors (Lipinski definition) is 2. The number of benzene rings is 3. The van der Waals surface area contributed by atoms with Crippen LogP contribution in [0.25, 0.3) is 0 Å². The Kier molecular flexibility index (Phi) is 16.9. The summed E-state index contributed by atoms with van der Waals surface area (Å²) in [6.07, 6.45) is 0. The molecule has 4 heteroatoms. The van der Waals surface area contributed by atoms with E-state index in [1.165, 1.54) is 16.8 Å². The molecule has 0 aliphatic heterocycles. The van der Waals surface area contributed by atoms with Crippen LogP contribution in [0.2, 0.25) is 0 Å². The summed E-state index contributed by atoms with van der Waals surface area (Å²) in [5.41, 5.74) is 8.61. The molecule has 0 heterocycles. The Morgan fingerprint density at radius 1 is 0.489 bits per heavy atom. The molecule has 2 N–H and O–H groups in total. The van der Waals surface area contributed by atoms with Gasteiger partial charge in [-0.15, -0.1) is 0 Å². The van der Waals surface area contributed by atoms with Crippen molar-refractivity contribution in [2.24, 2.45) is 8.91 Å². The van der Waals surface area contributed by atoms with Crippen LogP contribution in [-0.2, 0) is 17.9 Å². The van der Waals surface area contributed by atoms with Gasteiger partial charge < -0.3 is 10.2 Å². The molecule has 0 saturated heterocycles. The van der Waals surface area contributed by atoms with Crippen molar-refractivity contribution in [1.82, 2.24) is 0 Å². The van der Waals surface area contributed by atoms with Crippen molar-refractivity contribution in [1.29, 1.82) is 0 Å². The average Bonchev–Trinajstić information content (AvgIpc) is 2.92. The first-order valence-corrected chi connectivity index (χ1v) is 19.8. The van der Waals surface area contributed by atoms with Crippen LogP contribution < -0.4 is 0 Å². The number of nitrogens with zero attached hydrogens (tertiary/aromatic N) is 1. The van der Waals surface area contributed by atoms with Gasteiger partial charge in [0.05, 0.1) is 0 Å². The van der Waals surface area contributed by atoms with E-state index in [-0.39, 0.29) is 0 Å². The van der Waals surface area contributed by atoms with Crippen LogP contribution in [-0.4, -0.2) is 14.6 Å². The predicted octanol–water partition coefficient (Wildman–Crippen LogP) is 13.0. The van der Waals surface area contributed by atoms with Crippen molar-refractivity contribution in [2.45, 2.75) is 139 Å². The topological polar surface area (TPSA) is 52.8 Å². The molecule has 0 amide bonds. The van der Waals surface area contributed by atoms with E-state index < -0.39 is 17.9 Å². The molecule has 0 fully saturated rings. The van der Waals surface area contributed by atoms with E-state index in [1.54, 1.807) is 0 Å². The molecule has 0 saturated carbocycles. The molecule has 3 aromatic rings. The summed E-state index contributed by atoms with van der Waals surface area (Å²) in [6.45, 7) is 32.6. The van der Waals surface area contributed by atoms with Gasteiger partial charge in [-0.3, -0.25) is 0 Å². The van der Waals surface area contributed by atoms with Crippen LogP contribution in [0.5, 0.6) is 11.5 Å². The van der Waals surface area contributed by atoms with E-state index in [9.17, 15) is 10.2 Å². The van der Waals surface area contributed by atoms with Crippen LogP contribution in [0.1, 0.15) is 173 Å². The maximum absolute atomic E-state index is 9.93. The van der Waals surface area contributed by atoms with Crippen LogP contribution in [0.15, 0.2) is 58.1 Å². The first-order chi connectivity index (χ1) is 20.8. The molecule has 3 aromatic carbocycles. The van der Waals surface area contributed by atoms with Crippen LogP contribution >= 0.6 is 0 Å². The van der Waals surface area contributed by atoms with Gasteiger partial charge in [-0.1, -0.05) is 91.8 Å². The van der Waals surface area contributed by atoms with E-state index >= 15 is 0 Å². The zero-order valence-electron chi connectivity index (χ0n) is 31.0. The molecule has 3 nitrogen and oxygen atoms in total. The number of aromatic hydroxyl groups is 2. The maximum atomic E-state index is 9.93. The van der Waals surface area contributed by atoms with Crippen molar-refractivity contribution in [2.75, 3.05) is 0 Å². The minimum absolute atomic E-state index is 0.304.